The first kappa shape index (κ1) is 23.2. The largest absolute Gasteiger partial charge is 0.489 e. The van der Waals surface area contributed by atoms with E-state index >= 15 is 0 Å². The Labute approximate surface area is 215 Å². The second-order valence-corrected chi connectivity index (χ2v) is 10.8. The minimum absolute atomic E-state index is 0.165. The Balaban J connectivity index is 1.38. The fraction of sp³-hybridized carbons (Fsp3) is 0.100. The van der Waals surface area contributed by atoms with Crippen molar-refractivity contribution in [1.82, 2.24) is 8.96 Å². The molecule has 0 aliphatic carbocycles. The van der Waals surface area contributed by atoms with Crippen LogP contribution in [0.3, 0.4) is 0 Å². The molecule has 7 heteroatoms. The first-order valence-corrected chi connectivity index (χ1v) is 13.5. The molecule has 6 nitrogen and oxygen atoms in total. The number of hydrogen-bond donors (Lipinski definition) is 1. The number of rotatable bonds is 7. The van der Waals surface area contributed by atoms with Gasteiger partial charge in [0.05, 0.1) is 11.0 Å². The SMILES string of the molecule is NCCc1cn(S(=O)(=O)c2cccc3cccnc23)c2ccc(OCc3ccc4ccccc4c3)cc12. The third-order valence-corrected chi connectivity index (χ3v) is 8.30. The zero-order chi connectivity index (χ0) is 25.4. The molecule has 0 unspecified atom stereocenters. The van der Waals surface area contributed by atoms with E-state index < -0.39 is 10.0 Å². The van der Waals surface area contributed by atoms with Crippen molar-refractivity contribution in [2.24, 2.45) is 5.73 Å². The summed E-state index contributed by atoms with van der Waals surface area (Å²) in [5.41, 5.74) is 8.81. The van der Waals surface area contributed by atoms with Gasteiger partial charge in [0, 0.05) is 23.2 Å². The van der Waals surface area contributed by atoms with Crippen LogP contribution < -0.4 is 10.5 Å². The normalized spacial score (nSPS) is 11.9. The molecule has 0 saturated heterocycles. The molecular weight excluding hydrogens is 482 g/mol. The van der Waals surface area contributed by atoms with Gasteiger partial charge in [0.1, 0.15) is 17.3 Å². The fourth-order valence-electron chi connectivity index (χ4n) is 4.77. The number of benzene rings is 4. The van der Waals surface area contributed by atoms with E-state index in [2.05, 4.69) is 35.3 Å². The quantitative estimate of drug-likeness (QED) is 0.301. The van der Waals surface area contributed by atoms with E-state index in [9.17, 15) is 8.42 Å². The maximum absolute atomic E-state index is 13.8. The number of nitrogens with two attached hydrogens (primary N) is 1. The van der Waals surface area contributed by atoms with Crippen molar-refractivity contribution in [2.45, 2.75) is 17.9 Å². The molecule has 0 spiro atoms. The van der Waals surface area contributed by atoms with Gasteiger partial charge in [-0.3, -0.25) is 4.98 Å². The van der Waals surface area contributed by atoms with Crippen LogP contribution in [0.4, 0.5) is 0 Å². The summed E-state index contributed by atoms with van der Waals surface area (Å²) >= 11 is 0. The molecule has 0 atom stereocenters. The van der Waals surface area contributed by atoms with Crippen LogP contribution in [-0.4, -0.2) is 23.9 Å². The van der Waals surface area contributed by atoms with E-state index in [4.69, 9.17) is 10.5 Å². The van der Waals surface area contributed by atoms with E-state index in [-0.39, 0.29) is 4.90 Å². The highest BCUT2D eigenvalue weighted by atomic mass is 32.2. The van der Waals surface area contributed by atoms with Crippen molar-refractivity contribution in [2.75, 3.05) is 6.54 Å². The second kappa shape index (κ2) is 9.35. The standard InChI is InChI=1S/C30H25N3O3S/c31-15-14-25-19-33(37(34,35)29-9-3-7-23-8-4-16-32-30(23)29)28-13-12-26(18-27(25)28)36-20-21-10-11-22-5-1-2-6-24(22)17-21/h1-13,16-19H,14-15,20,31H2. The van der Waals surface area contributed by atoms with Crippen LogP contribution in [-0.2, 0) is 23.1 Å². The van der Waals surface area contributed by atoms with E-state index in [0.717, 1.165) is 27.3 Å². The molecule has 184 valence electrons. The molecular formula is C30H25N3O3S. The Morgan fingerprint density at radius 1 is 0.838 bits per heavy atom. The predicted octanol–water partition coefficient (Wildman–Crippen LogP) is 5.66. The summed E-state index contributed by atoms with van der Waals surface area (Å²) in [7, 11) is -3.91. The smallest absolute Gasteiger partial charge is 0.270 e. The summed E-state index contributed by atoms with van der Waals surface area (Å²) in [6, 6.07) is 28.8. The van der Waals surface area contributed by atoms with Crippen LogP contribution in [0.1, 0.15) is 11.1 Å². The molecule has 0 fully saturated rings. The van der Waals surface area contributed by atoms with Gasteiger partial charge in [0.25, 0.3) is 10.0 Å². The van der Waals surface area contributed by atoms with Crippen LogP contribution >= 0.6 is 0 Å². The predicted molar refractivity (Wildman–Crippen MR) is 147 cm³/mol. The summed E-state index contributed by atoms with van der Waals surface area (Å²) in [5, 5.41) is 3.92. The minimum Gasteiger partial charge on any atom is -0.489 e. The number of hydrogen-bond acceptors (Lipinski definition) is 5. The number of nitrogens with zero attached hydrogens (tertiary/aromatic N) is 2. The number of pyridine rings is 1. The first-order chi connectivity index (χ1) is 18.0. The number of aromatic nitrogens is 2. The molecule has 0 bridgehead atoms. The first-order valence-electron chi connectivity index (χ1n) is 12.1. The van der Waals surface area contributed by atoms with Crippen LogP contribution in [0, 0.1) is 0 Å². The zero-order valence-corrected chi connectivity index (χ0v) is 20.9. The van der Waals surface area contributed by atoms with Gasteiger partial charge >= 0.3 is 0 Å². The average Bonchev–Trinajstić information content (AvgIpc) is 3.30. The Morgan fingerprint density at radius 2 is 1.65 bits per heavy atom. The molecule has 2 N–H and O–H groups in total. The van der Waals surface area contributed by atoms with Gasteiger partial charge in [-0.2, -0.15) is 0 Å². The zero-order valence-electron chi connectivity index (χ0n) is 20.0. The molecule has 0 aliphatic rings. The Kier molecular flexibility index (Phi) is 5.87. The van der Waals surface area contributed by atoms with Crippen molar-refractivity contribution in [3.05, 3.63) is 115 Å². The highest BCUT2D eigenvalue weighted by Crippen LogP contribution is 2.32. The van der Waals surface area contributed by atoms with Crippen molar-refractivity contribution < 1.29 is 13.2 Å². The van der Waals surface area contributed by atoms with Crippen LogP contribution in [0.2, 0.25) is 0 Å². The average molecular weight is 508 g/mol. The third-order valence-electron chi connectivity index (χ3n) is 6.59. The van der Waals surface area contributed by atoms with Crippen molar-refractivity contribution >= 4 is 42.6 Å². The summed E-state index contributed by atoms with van der Waals surface area (Å²) in [4.78, 5) is 4.52. The number of para-hydroxylation sites is 1. The van der Waals surface area contributed by atoms with Gasteiger partial charge in [0.2, 0.25) is 0 Å². The van der Waals surface area contributed by atoms with Crippen molar-refractivity contribution in [3.8, 4) is 5.75 Å². The molecule has 0 radical (unpaired) electrons. The molecule has 37 heavy (non-hydrogen) atoms. The lowest BCUT2D eigenvalue weighted by Gasteiger charge is -2.11. The van der Waals surface area contributed by atoms with E-state index in [1.54, 1.807) is 36.7 Å². The molecule has 0 aliphatic heterocycles. The third kappa shape index (κ3) is 4.22. The van der Waals surface area contributed by atoms with Gasteiger partial charge in [-0.05, 0) is 71.3 Å². The monoisotopic (exact) mass is 507 g/mol. The minimum atomic E-state index is -3.91. The van der Waals surface area contributed by atoms with Gasteiger partial charge < -0.3 is 10.5 Å². The highest BCUT2D eigenvalue weighted by Gasteiger charge is 2.24. The lowest BCUT2D eigenvalue weighted by atomic mass is 10.1. The molecule has 0 amide bonds. The highest BCUT2D eigenvalue weighted by molar-refractivity contribution is 7.90. The van der Waals surface area contributed by atoms with Crippen LogP contribution in [0.25, 0.3) is 32.6 Å². The Morgan fingerprint density at radius 3 is 2.51 bits per heavy atom. The molecule has 4 aromatic carbocycles. The van der Waals surface area contributed by atoms with E-state index in [0.29, 0.717) is 36.4 Å². The van der Waals surface area contributed by atoms with Gasteiger partial charge in [-0.25, -0.2) is 12.4 Å². The van der Waals surface area contributed by atoms with Crippen molar-refractivity contribution in [1.29, 1.82) is 0 Å². The van der Waals surface area contributed by atoms with Gasteiger partial charge in [-0.1, -0.05) is 54.6 Å². The van der Waals surface area contributed by atoms with Gasteiger partial charge in [-0.15, -0.1) is 0 Å². The summed E-state index contributed by atoms with van der Waals surface area (Å²) in [6.45, 7) is 0.806. The topological polar surface area (TPSA) is 87.2 Å². The Bertz CT molecular complexity index is 1870. The molecule has 0 saturated carbocycles. The molecule has 2 heterocycles. The lowest BCUT2D eigenvalue weighted by molar-refractivity contribution is 0.307. The molecule has 6 aromatic rings. The summed E-state index contributed by atoms with van der Waals surface area (Å²) in [6.07, 6.45) is 3.82. The Hall–Kier alpha value is -4.20. The summed E-state index contributed by atoms with van der Waals surface area (Å²) < 4.78 is 35.1. The van der Waals surface area contributed by atoms with E-state index in [1.807, 2.05) is 36.4 Å². The maximum atomic E-state index is 13.8. The lowest BCUT2D eigenvalue weighted by Crippen LogP contribution is -2.13. The number of fused-ring (bicyclic) bond motifs is 3. The van der Waals surface area contributed by atoms with Crippen LogP contribution in [0.15, 0.2) is 108 Å². The molecule has 6 rings (SSSR count). The molecule has 2 aromatic heterocycles. The van der Waals surface area contributed by atoms with Gasteiger partial charge in [0.15, 0.2) is 0 Å². The fourth-order valence-corrected chi connectivity index (χ4v) is 6.34. The number of ether oxygens (including phenoxy) is 1. The van der Waals surface area contributed by atoms with Crippen molar-refractivity contribution in [3.63, 3.8) is 0 Å². The van der Waals surface area contributed by atoms with Crippen LogP contribution in [0.5, 0.6) is 5.75 Å². The summed E-state index contributed by atoms with van der Waals surface area (Å²) in [5.74, 6) is 0.668. The maximum Gasteiger partial charge on any atom is 0.270 e. The van der Waals surface area contributed by atoms with E-state index in [1.165, 1.54) is 9.36 Å². The second-order valence-electron chi connectivity index (χ2n) is 8.97.